The van der Waals surface area contributed by atoms with Gasteiger partial charge in [0.15, 0.2) is 0 Å². The number of ether oxygens (including phenoxy) is 2. The van der Waals surface area contributed by atoms with Crippen molar-refractivity contribution in [3.63, 3.8) is 0 Å². The van der Waals surface area contributed by atoms with Gasteiger partial charge >= 0.3 is 0 Å². The Labute approximate surface area is 101 Å². The highest BCUT2D eigenvalue weighted by Crippen LogP contribution is 2.37. The topological polar surface area (TPSA) is 18.5 Å². The van der Waals surface area contributed by atoms with Crippen molar-refractivity contribution in [2.45, 2.75) is 56.6 Å². The third-order valence-electron chi connectivity index (χ3n) is 3.62. The van der Waals surface area contributed by atoms with Gasteiger partial charge in [-0.15, -0.1) is 0 Å². The molecule has 0 spiro atoms. The van der Waals surface area contributed by atoms with E-state index in [0.717, 1.165) is 13.2 Å². The van der Waals surface area contributed by atoms with Crippen LogP contribution in [0, 0.1) is 5.41 Å². The fourth-order valence-electron chi connectivity index (χ4n) is 2.39. The second-order valence-corrected chi connectivity index (χ2v) is 6.77. The largest absolute Gasteiger partial charge is 0.377 e. The van der Waals surface area contributed by atoms with E-state index < -0.39 is 0 Å². The van der Waals surface area contributed by atoms with Crippen LogP contribution in [0.25, 0.3) is 0 Å². The van der Waals surface area contributed by atoms with Crippen LogP contribution in [-0.4, -0.2) is 30.2 Å². The van der Waals surface area contributed by atoms with Crippen LogP contribution in [0.5, 0.6) is 0 Å². The molecule has 0 bridgehead atoms. The maximum atomic E-state index is 6.09. The molecule has 2 fully saturated rings. The molecule has 0 aromatic heterocycles. The third-order valence-corrected chi connectivity index (χ3v) is 4.47. The molecule has 0 N–H and O–H groups in total. The van der Waals surface area contributed by atoms with Crippen LogP contribution in [-0.2, 0) is 9.47 Å². The molecule has 1 aliphatic carbocycles. The Morgan fingerprint density at radius 3 is 2.40 bits per heavy atom. The summed E-state index contributed by atoms with van der Waals surface area (Å²) >= 11 is 3.60. The predicted octanol–water partition coefficient (Wildman–Crippen LogP) is 3.13. The van der Waals surface area contributed by atoms with E-state index in [2.05, 4.69) is 29.8 Å². The summed E-state index contributed by atoms with van der Waals surface area (Å²) in [5.41, 5.74) is 0.528. The van der Waals surface area contributed by atoms with E-state index in [0.29, 0.717) is 16.3 Å². The molecule has 2 rings (SSSR count). The molecule has 0 aromatic carbocycles. The van der Waals surface area contributed by atoms with Gasteiger partial charge in [-0.3, -0.25) is 0 Å². The number of alkyl halides is 1. The molecular formula is C12H21BrO2. The second-order valence-electron chi connectivity index (χ2n) is 5.59. The van der Waals surface area contributed by atoms with E-state index in [1.54, 1.807) is 0 Å². The van der Waals surface area contributed by atoms with E-state index >= 15 is 0 Å². The van der Waals surface area contributed by atoms with Crippen LogP contribution in [0.2, 0.25) is 0 Å². The van der Waals surface area contributed by atoms with Crippen LogP contribution in [0.1, 0.15) is 39.5 Å². The van der Waals surface area contributed by atoms with Crippen molar-refractivity contribution in [3.05, 3.63) is 0 Å². The molecule has 1 aliphatic heterocycles. The Kier molecular flexibility index (Phi) is 3.74. The molecule has 2 aliphatic rings. The van der Waals surface area contributed by atoms with E-state index in [9.17, 15) is 0 Å². The van der Waals surface area contributed by atoms with Gasteiger partial charge in [0, 0.05) is 0 Å². The third kappa shape index (κ3) is 3.18. The Morgan fingerprint density at radius 2 is 1.87 bits per heavy atom. The minimum absolute atomic E-state index is 0.274. The van der Waals surface area contributed by atoms with Crippen LogP contribution >= 0.6 is 15.9 Å². The monoisotopic (exact) mass is 276 g/mol. The van der Waals surface area contributed by atoms with Crippen LogP contribution in [0.15, 0.2) is 0 Å². The van der Waals surface area contributed by atoms with Crippen molar-refractivity contribution >= 4 is 15.9 Å². The van der Waals surface area contributed by atoms with Gasteiger partial charge in [-0.05, 0) is 31.1 Å². The summed E-state index contributed by atoms with van der Waals surface area (Å²) in [5, 5.41) is 0. The normalized spacial score (nSPS) is 37.0. The van der Waals surface area contributed by atoms with Gasteiger partial charge in [-0.2, -0.15) is 0 Å². The molecule has 1 saturated carbocycles. The summed E-state index contributed by atoms with van der Waals surface area (Å²) in [7, 11) is 0. The van der Waals surface area contributed by atoms with Gasteiger partial charge in [0.2, 0.25) is 0 Å². The number of halogens is 1. The van der Waals surface area contributed by atoms with Crippen molar-refractivity contribution in [1.29, 1.82) is 0 Å². The van der Waals surface area contributed by atoms with Crippen molar-refractivity contribution in [1.82, 2.24) is 0 Å². The second kappa shape index (κ2) is 4.72. The zero-order valence-electron chi connectivity index (χ0n) is 9.67. The fourth-order valence-corrected chi connectivity index (χ4v) is 2.85. The van der Waals surface area contributed by atoms with E-state index in [1.165, 1.54) is 25.7 Å². The molecule has 2 unspecified atom stereocenters. The van der Waals surface area contributed by atoms with Crippen molar-refractivity contribution in [2.75, 3.05) is 13.2 Å². The summed E-state index contributed by atoms with van der Waals surface area (Å²) in [4.78, 5) is 0.396. The van der Waals surface area contributed by atoms with Crippen molar-refractivity contribution < 1.29 is 9.47 Å². The predicted molar refractivity (Wildman–Crippen MR) is 64.4 cm³/mol. The smallest absolute Gasteiger partial charge is 0.0959 e. The summed E-state index contributed by atoms with van der Waals surface area (Å²) < 4.78 is 11.5. The molecule has 15 heavy (non-hydrogen) atoms. The first-order valence-electron chi connectivity index (χ1n) is 5.94. The van der Waals surface area contributed by atoms with Crippen molar-refractivity contribution in [3.8, 4) is 0 Å². The van der Waals surface area contributed by atoms with Crippen LogP contribution in [0.3, 0.4) is 0 Å². The lowest BCUT2D eigenvalue weighted by Gasteiger charge is -2.35. The Hall–Kier alpha value is 0.400. The minimum Gasteiger partial charge on any atom is -0.377 e. The molecule has 3 heteroatoms. The average Bonchev–Trinajstić information content (AvgIpc) is 2.56. The lowest BCUT2D eigenvalue weighted by atomic mass is 9.76. The van der Waals surface area contributed by atoms with Gasteiger partial charge in [0.1, 0.15) is 0 Å². The molecular weight excluding hydrogens is 256 g/mol. The lowest BCUT2D eigenvalue weighted by Crippen LogP contribution is -2.33. The Morgan fingerprint density at radius 1 is 1.20 bits per heavy atom. The molecule has 88 valence electrons. The van der Waals surface area contributed by atoms with Crippen LogP contribution < -0.4 is 0 Å². The summed E-state index contributed by atoms with van der Waals surface area (Å²) in [6.07, 6.45) is 5.74. The lowest BCUT2D eigenvalue weighted by molar-refractivity contribution is -0.0446. The van der Waals surface area contributed by atoms with Gasteiger partial charge in [0.25, 0.3) is 0 Å². The van der Waals surface area contributed by atoms with E-state index in [4.69, 9.17) is 9.47 Å². The molecule has 0 aromatic rings. The maximum absolute atomic E-state index is 6.09. The van der Waals surface area contributed by atoms with Gasteiger partial charge in [-0.25, -0.2) is 0 Å². The standard InChI is InChI=1S/C12H21BrO2/c1-12(2)5-3-9(4-6-12)15-11-8-14-7-10(11)13/h9-11H,3-8H2,1-2H3. The van der Waals surface area contributed by atoms with E-state index in [-0.39, 0.29) is 6.10 Å². The first-order chi connectivity index (χ1) is 7.07. The number of hydrogen-bond donors (Lipinski definition) is 0. The van der Waals surface area contributed by atoms with E-state index in [1.807, 2.05) is 0 Å². The maximum Gasteiger partial charge on any atom is 0.0959 e. The highest BCUT2D eigenvalue weighted by Gasteiger charge is 2.32. The molecule has 0 amide bonds. The van der Waals surface area contributed by atoms with Crippen LogP contribution in [0.4, 0.5) is 0 Å². The van der Waals surface area contributed by atoms with Gasteiger partial charge in [-0.1, -0.05) is 29.8 Å². The molecule has 1 saturated heterocycles. The SMILES string of the molecule is CC1(C)CCC(OC2COCC2Br)CC1. The highest BCUT2D eigenvalue weighted by molar-refractivity contribution is 9.09. The zero-order valence-corrected chi connectivity index (χ0v) is 11.3. The summed E-state index contributed by atoms with van der Waals surface area (Å²) in [5.74, 6) is 0. The molecule has 2 atom stereocenters. The molecule has 2 nitrogen and oxygen atoms in total. The highest BCUT2D eigenvalue weighted by atomic mass is 79.9. The zero-order chi connectivity index (χ0) is 10.9. The summed E-state index contributed by atoms with van der Waals surface area (Å²) in [6, 6.07) is 0. The quantitative estimate of drug-likeness (QED) is 0.722. The number of hydrogen-bond acceptors (Lipinski definition) is 2. The summed E-state index contributed by atoms with van der Waals surface area (Å²) in [6.45, 7) is 6.27. The van der Waals surface area contributed by atoms with Gasteiger partial charge in [0.05, 0.1) is 30.2 Å². The molecule has 0 radical (unpaired) electrons. The number of rotatable bonds is 2. The Bertz CT molecular complexity index is 208. The fraction of sp³-hybridized carbons (Fsp3) is 1.00. The van der Waals surface area contributed by atoms with Crippen molar-refractivity contribution in [2.24, 2.45) is 5.41 Å². The first kappa shape index (κ1) is 11.9. The minimum atomic E-state index is 0.274. The average molecular weight is 277 g/mol. The first-order valence-corrected chi connectivity index (χ1v) is 6.86. The Balaban J connectivity index is 1.77. The van der Waals surface area contributed by atoms with Gasteiger partial charge < -0.3 is 9.47 Å². The molecule has 1 heterocycles.